The standard InChI is InChI=1S/C14H18ClN5OS/c1-19(2)7-8-20(9-11-3-5-12(15)6-4-11)14(21)17-13-18-16-10-22-13/h3-6,10H,7-9H2,1-2H3,(H,17,18,21). The van der Waals surface area contributed by atoms with E-state index in [4.69, 9.17) is 11.6 Å². The van der Waals surface area contributed by atoms with E-state index in [1.165, 1.54) is 11.3 Å². The third kappa shape index (κ3) is 5.25. The molecule has 0 fully saturated rings. The highest BCUT2D eigenvalue weighted by atomic mass is 35.5. The molecule has 1 N–H and O–H groups in total. The molecule has 0 aliphatic carbocycles. The monoisotopic (exact) mass is 339 g/mol. The van der Waals surface area contributed by atoms with Gasteiger partial charge in [-0.1, -0.05) is 35.1 Å². The maximum atomic E-state index is 12.4. The van der Waals surface area contributed by atoms with Gasteiger partial charge in [0.25, 0.3) is 0 Å². The topological polar surface area (TPSA) is 61.4 Å². The Labute approximate surface area is 138 Å². The van der Waals surface area contributed by atoms with Crippen LogP contribution in [-0.4, -0.2) is 53.2 Å². The van der Waals surface area contributed by atoms with Gasteiger partial charge in [0.05, 0.1) is 0 Å². The highest BCUT2D eigenvalue weighted by molar-refractivity contribution is 7.13. The van der Waals surface area contributed by atoms with E-state index in [9.17, 15) is 4.79 Å². The van der Waals surface area contributed by atoms with E-state index >= 15 is 0 Å². The first-order chi connectivity index (χ1) is 10.5. The van der Waals surface area contributed by atoms with Gasteiger partial charge in [-0.3, -0.25) is 5.32 Å². The Morgan fingerprint density at radius 3 is 2.59 bits per heavy atom. The van der Waals surface area contributed by atoms with Gasteiger partial charge in [0.15, 0.2) is 0 Å². The SMILES string of the molecule is CN(C)CCN(Cc1ccc(Cl)cc1)C(=O)Nc1nncs1. The van der Waals surface area contributed by atoms with Crippen LogP contribution in [0, 0.1) is 0 Å². The number of nitrogens with one attached hydrogen (secondary N) is 1. The lowest BCUT2D eigenvalue weighted by atomic mass is 10.2. The minimum absolute atomic E-state index is 0.187. The average molecular weight is 340 g/mol. The Balaban J connectivity index is 2.04. The summed E-state index contributed by atoms with van der Waals surface area (Å²) >= 11 is 7.19. The van der Waals surface area contributed by atoms with Crippen LogP contribution in [0.15, 0.2) is 29.8 Å². The Kier molecular flexibility index (Phi) is 6.11. The highest BCUT2D eigenvalue weighted by Crippen LogP contribution is 2.14. The first-order valence-corrected chi connectivity index (χ1v) is 8.01. The molecular weight excluding hydrogens is 322 g/mol. The molecule has 6 nitrogen and oxygen atoms in total. The molecule has 0 aliphatic rings. The fraction of sp³-hybridized carbons (Fsp3) is 0.357. The molecule has 2 amide bonds. The van der Waals surface area contributed by atoms with Crippen LogP contribution in [0.4, 0.5) is 9.93 Å². The van der Waals surface area contributed by atoms with Crippen molar-refractivity contribution in [3.63, 3.8) is 0 Å². The summed E-state index contributed by atoms with van der Waals surface area (Å²) in [7, 11) is 3.95. The zero-order chi connectivity index (χ0) is 15.9. The van der Waals surface area contributed by atoms with Crippen molar-refractivity contribution in [3.8, 4) is 0 Å². The molecule has 0 saturated carbocycles. The molecule has 0 saturated heterocycles. The third-order valence-corrected chi connectivity index (χ3v) is 3.82. The number of carbonyl (C=O) groups excluding carboxylic acids is 1. The lowest BCUT2D eigenvalue weighted by molar-refractivity contribution is 0.202. The summed E-state index contributed by atoms with van der Waals surface area (Å²) in [6.45, 7) is 1.90. The predicted molar refractivity (Wildman–Crippen MR) is 89.3 cm³/mol. The maximum Gasteiger partial charge on any atom is 0.324 e. The van der Waals surface area contributed by atoms with Crippen molar-refractivity contribution in [1.82, 2.24) is 20.0 Å². The number of carbonyl (C=O) groups is 1. The molecule has 2 aromatic rings. The molecule has 0 bridgehead atoms. The molecule has 1 heterocycles. The number of hydrogen-bond donors (Lipinski definition) is 1. The second-order valence-corrected chi connectivity index (χ2v) is 6.29. The Bertz CT molecular complexity index is 588. The number of aromatic nitrogens is 2. The van der Waals surface area contributed by atoms with Crippen molar-refractivity contribution >= 4 is 34.1 Å². The molecule has 1 aromatic heterocycles. The summed E-state index contributed by atoms with van der Waals surface area (Å²) in [4.78, 5) is 16.2. The molecule has 0 aliphatic heterocycles. The first-order valence-electron chi connectivity index (χ1n) is 6.76. The number of benzene rings is 1. The zero-order valence-electron chi connectivity index (χ0n) is 12.5. The lowest BCUT2D eigenvalue weighted by Gasteiger charge is -2.24. The minimum Gasteiger partial charge on any atom is -0.319 e. The molecule has 0 spiro atoms. The van der Waals surface area contributed by atoms with E-state index < -0.39 is 0 Å². The summed E-state index contributed by atoms with van der Waals surface area (Å²) < 4.78 is 0. The van der Waals surface area contributed by atoms with Crippen LogP contribution in [-0.2, 0) is 6.54 Å². The van der Waals surface area contributed by atoms with Crippen LogP contribution in [0.1, 0.15) is 5.56 Å². The number of nitrogens with zero attached hydrogens (tertiary/aromatic N) is 4. The quantitative estimate of drug-likeness (QED) is 0.879. The number of anilines is 1. The van der Waals surface area contributed by atoms with Gasteiger partial charge in [-0.15, -0.1) is 10.2 Å². The second-order valence-electron chi connectivity index (χ2n) is 5.03. The smallest absolute Gasteiger partial charge is 0.319 e. The van der Waals surface area contributed by atoms with Crippen LogP contribution in [0.3, 0.4) is 0 Å². The molecule has 1 aromatic carbocycles. The fourth-order valence-corrected chi connectivity index (χ4v) is 2.34. The highest BCUT2D eigenvalue weighted by Gasteiger charge is 2.15. The Morgan fingerprint density at radius 2 is 2.00 bits per heavy atom. The molecular formula is C14H18ClN5OS. The number of halogens is 1. The summed E-state index contributed by atoms with van der Waals surface area (Å²) in [5.41, 5.74) is 2.61. The molecule has 0 unspecified atom stereocenters. The van der Waals surface area contributed by atoms with E-state index in [0.29, 0.717) is 23.2 Å². The van der Waals surface area contributed by atoms with Crippen LogP contribution in [0.25, 0.3) is 0 Å². The number of amides is 2. The van der Waals surface area contributed by atoms with Gasteiger partial charge >= 0.3 is 6.03 Å². The van der Waals surface area contributed by atoms with Gasteiger partial charge in [-0.2, -0.15) is 0 Å². The largest absolute Gasteiger partial charge is 0.324 e. The molecule has 8 heteroatoms. The maximum absolute atomic E-state index is 12.4. The number of hydrogen-bond acceptors (Lipinski definition) is 5. The second kappa shape index (κ2) is 8.07. The van der Waals surface area contributed by atoms with E-state index in [0.717, 1.165) is 12.1 Å². The molecule has 118 valence electrons. The van der Waals surface area contributed by atoms with Crippen molar-refractivity contribution in [2.45, 2.75) is 6.54 Å². The van der Waals surface area contributed by atoms with Crippen molar-refractivity contribution in [2.75, 3.05) is 32.5 Å². The molecule has 22 heavy (non-hydrogen) atoms. The fourth-order valence-electron chi connectivity index (χ4n) is 1.78. The van der Waals surface area contributed by atoms with Gasteiger partial charge in [0, 0.05) is 24.7 Å². The number of likely N-dealkylation sites (N-methyl/N-ethyl adjacent to an activating group) is 1. The van der Waals surface area contributed by atoms with E-state index in [1.807, 2.05) is 43.3 Å². The van der Waals surface area contributed by atoms with Crippen LogP contribution < -0.4 is 5.32 Å². The van der Waals surface area contributed by atoms with Crippen molar-refractivity contribution in [1.29, 1.82) is 0 Å². The van der Waals surface area contributed by atoms with E-state index in [2.05, 4.69) is 15.5 Å². The molecule has 2 rings (SSSR count). The lowest BCUT2D eigenvalue weighted by Crippen LogP contribution is -2.39. The number of urea groups is 1. The van der Waals surface area contributed by atoms with E-state index in [-0.39, 0.29) is 6.03 Å². The number of rotatable bonds is 6. The molecule has 0 atom stereocenters. The summed E-state index contributed by atoms with van der Waals surface area (Å²) in [5.74, 6) is 0. The van der Waals surface area contributed by atoms with Crippen molar-refractivity contribution in [3.05, 3.63) is 40.4 Å². The summed E-state index contributed by atoms with van der Waals surface area (Å²) in [6.07, 6.45) is 0. The Hall–Kier alpha value is -1.70. The summed E-state index contributed by atoms with van der Waals surface area (Å²) in [6, 6.07) is 7.30. The predicted octanol–water partition coefficient (Wildman–Crippen LogP) is 2.79. The van der Waals surface area contributed by atoms with Crippen molar-refractivity contribution in [2.24, 2.45) is 0 Å². The van der Waals surface area contributed by atoms with Crippen LogP contribution in [0.2, 0.25) is 5.02 Å². The zero-order valence-corrected chi connectivity index (χ0v) is 14.1. The van der Waals surface area contributed by atoms with Gasteiger partial charge in [-0.05, 0) is 31.8 Å². The van der Waals surface area contributed by atoms with Gasteiger partial charge in [0.2, 0.25) is 5.13 Å². The first kappa shape index (κ1) is 16.7. The molecule has 0 radical (unpaired) electrons. The van der Waals surface area contributed by atoms with Gasteiger partial charge < -0.3 is 9.80 Å². The minimum atomic E-state index is -0.187. The van der Waals surface area contributed by atoms with E-state index in [1.54, 1.807) is 10.4 Å². The Morgan fingerprint density at radius 1 is 1.27 bits per heavy atom. The van der Waals surface area contributed by atoms with Crippen LogP contribution >= 0.6 is 22.9 Å². The third-order valence-electron chi connectivity index (χ3n) is 2.96. The van der Waals surface area contributed by atoms with Crippen molar-refractivity contribution < 1.29 is 4.79 Å². The van der Waals surface area contributed by atoms with Gasteiger partial charge in [0.1, 0.15) is 5.51 Å². The normalized spacial score (nSPS) is 10.7. The summed E-state index contributed by atoms with van der Waals surface area (Å²) in [5, 5.41) is 11.5. The van der Waals surface area contributed by atoms with Crippen LogP contribution in [0.5, 0.6) is 0 Å². The van der Waals surface area contributed by atoms with Gasteiger partial charge in [-0.25, -0.2) is 4.79 Å². The average Bonchev–Trinajstić information content (AvgIpc) is 2.98.